The van der Waals surface area contributed by atoms with Gasteiger partial charge in [0.25, 0.3) is 0 Å². The Bertz CT molecular complexity index is 556. The molecule has 30 heavy (non-hydrogen) atoms. The monoisotopic (exact) mass is 448 g/mol. The SMILES string of the molecule is CC/C=C\C/C=C\C/C=C\CCCCCCCC(=O)OCC(COP(=O)(O)F)OC. The van der Waals surface area contributed by atoms with Crippen LogP contribution < -0.4 is 0 Å². The minimum atomic E-state index is -5.06. The van der Waals surface area contributed by atoms with E-state index < -0.39 is 20.6 Å². The lowest BCUT2D eigenvalue weighted by atomic mass is 10.1. The summed E-state index contributed by atoms with van der Waals surface area (Å²) in [5, 5.41) is 0. The summed E-state index contributed by atoms with van der Waals surface area (Å²) in [6, 6.07) is 0. The van der Waals surface area contributed by atoms with E-state index in [0.29, 0.717) is 6.42 Å². The highest BCUT2D eigenvalue weighted by atomic mass is 31.2. The Balaban J connectivity index is 3.56. The quantitative estimate of drug-likeness (QED) is 0.109. The lowest BCUT2D eigenvalue weighted by Gasteiger charge is -2.15. The number of esters is 1. The molecule has 0 aromatic rings. The standard InChI is InChI=1S/C22H38FO6P/c1-3-4-5-6-7-8-9-10-11-12-13-14-15-16-17-18-22(24)28-19-21(27-2)20-29-30(23,25)26/h4-5,7-8,10-11,21H,3,6,9,12-20H2,1-2H3,(H,25,26)/b5-4-,8-7-,11-10-. The number of unbranched alkanes of at least 4 members (excludes halogenated alkanes) is 5. The predicted octanol–water partition coefficient (Wildman–Crippen LogP) is 6.22. The van der Waals surface area contributed by atoms with Crippen molar-refractivity contribution >= 4 is 13.9 Å². The largest absolute Gasteiger partial charge is 0.510 e. The summed E-state index contributed by atoms with van der Waals surface area (Å²) in [6.07, 6.45) is 21.8. The fraction of sp³-hybridized carbons (Fsp3) is 0.682. The molecule has 2 atom stereocenters. The van der Waals surface area contributed by atoms with Gasteiger partial charge >= 0.3 is 13.9 Å². The summed E-state index contributed by atoms with van der Waals surface area (Å²) in [6.45, 7) is 1.52. The molecular formula is C22H38FO6P. The molecule has 8 heteroatoms. The van der Waals surface area contributed by atoms with Crippen LogP contribution in [0.1, 0.15) is 71.1 Å². The van der Waals surface area contributed by atoms with Gasteiger partial charge in [0.15, 0.2) is 0 Å². The Morgan fingerprint density at radius 3 is 2.20 bits per heavy atom. The first-order valence-corrected chi connectivity index (χ1v) is 12.2. The highest BCUT2D eigenvalue weighted by Crippen LogP contribution is 2.43. The number of hydrogen-bond acceptors (Lipinski definition) is 5. The molecule has 0 bridgehead atoms. The first kappa shape index (κ1) is 28.7. The van der Waals surface area contributed by atoms with Gasteiger partial charge < -0.3 is 9.47 Å². The zero-order valence-corrected chi connectivity index (χ0v) is 19.2. The van der Waals surface area contributed by atoms with E-state index in [1.807, 2.05) is 0 Å². The maximum atomic E-state index is 12.4. The summed E-state index contributed by atoms with van der Waals surface area (Å²) in [5.41, 5.74) is 0. The Labute approximate surface area is 180 Å². The van der Waals surface area contributed by atoms with E-state index in [4.69, 9.17) is 14.4 Å². The maximum absolute atomic E-state index is 12.4. The lowest BCUT2D eigenvalue weighted by Crippen LogP contribution is -2.25. The molecular weight excluding hydrogens is 410 g/mol. The van der Waals surface area contributed by atoms with Crippen molar-refractivity contribution in [1.82, 2.24) is 0 Å². The Hall–Kier alpha value is -1.27. The van der Waals surface area contributed by atoms with Crippen LogP contribution in [0.15, 0.2) is 36.5 Å². The van der Waals surface area contributed by atoms with E-state index in [-0.39, 0.29) is 12.6 Å². The molecule has 0 aromatic heterocycles. The number of rotatable bonds is 19. The van der Waals surface area contributed by atoms with E-state index in [1.54, 1.807) is 0 Å². The van der Waals surface area contributed by atoms with Gasteiger partial charge in [0, 0.05) is 13.5 Å². The summed E-state index contributed by atoms with van der Waals surface area (Å²) in [4.78, 5) is 20.1. The molecule has 0 aliphatic heterocycles. The summed E-state index contributed by atoms with van der Waals surface area (Å²) in [7, 11) is -3.74. The molecule has 0 saturated carbocycles. The number of carbonyl (C=O) groups is 1. The molecule has 2 unspecified atom stereocenters. The van der Waals surface area contributed by atoms with Gasteiger partial charge in [-0.1, -0.05) is 62.6 Å². The van der Waals surface area contributed by atoms with Crippen LogP contribution in [0.3, 0.4) is 0 Å². The van der Waals surface area contributed by atoms with Crippen LogP contribution in [0.25, 0.3) is 0 Å². The average Bonchev–Trinajstić information content (AvgIpc) is 2.70. The van der Waals surface area contributed by atoms with Crippen molar-refractivity contribution in [3.63, 3.8) is 0 Å². The van der Waals surface area contributed by atoms with E-state index in [9.17, 15) is 13.6 Å². The van der Waals surface area contributed by atoms with Crippen LogP contribution in [-0.2, 0) is 23.4 Å². The number of ether oxygens (including phenoxy) is 2. The minimum absolute atomic E-state index is 0.147. The van der Waals surface area contributed by atoms with Gasteiger partial charge in [0.05, 0.1) is 6.61 Å². The topological polar surface area (TPSA) is 82.1 Å². The Morgan fingerprint density at radius 2 is 1.57 bits per heavy atom. The zero-order chi connectivity index (χ0) is 22.5. The van der Waals surface area contributed by atoms with Crippen molar-refractivity contribution < 1.29 is 32.4 Å². The second kappa shape index (κ2) is 19.7. The lowest BCUT2D eigenvalue weighted by molar-refractivity contribution is -0.148. The predicted molar refractivity (Wildman–Crippen MR) is 118 cm³/mol. The van der Waals surface area contributed by atoms with Crippen molar-refractivity contribution in [1.29, 1.82) is 0 Å². The first-order valence-electron chi connectivity index (χ1n) is 10.7. The van der Waals surface area contributed by atoms with Crippen LogP contribution in [0.5, 0.6) is 0 Å². The molecule has 0 aliphatic carbocycles. The summed E-state index contributed by atoms with van der Waals surface area (Å²) < 4.78 is 36.9. The Kier molecular flexibility index (Phi) is 18.8. The zero-order valence-electron chi connectivity index (χ0n) is 18.3. The van der Waals surface area contributed by atoms with Crippen molar-refractivity contribution in [2.24, 2.45) is 0 Å². The third-order valence-corrected chi connectivity index (χ3v) is 4.68. The Morgan fingerprint density at radius 1 is 0.967 bits per heavy atom. The molecule has 0 aliphatic rings. The molecule has 0 heterocycles. The number of carbonyl (C=O) groups excluding carboxylic acids is 1. The highest BCUT2D eigenvalue weighted by Gasteiger charge is 2.21. The van der Waals surface area contributed by atoms with Gasteiger partial charge in [-0.15, -0.1) is 4.20 Å². The van der Waals surface area contributed by atoms with Gasteiger partial charge in [-0.25, -0.2) is 4.57 Å². The second-order valence-electron chi connectivity index (χ2n) is 6.89. The fourth-order valence-corrected chi connectivity index (χ4v) is 2.86. The molecule has 0 rings (SSSR count). The molecule has 0 spiro atoms. The van der Waals surface area contributed by atoms with Gasteiger partial charge in [0.2, 0.25) is 0 Å². The highest BCUT2D eigenvalue weighted by molar-refractivity contribution is 7.46. The molecule has 0 amide bonds. The summed E-state index contributed by atoms with van der Waals surface area (Å²) >= 11 is 0. The van der Waals surface area contributed by atoms with Crippen molar-refractivity contribution in [3.05, 3.63) is 36.5 Å². The molecule has 0 aromatic carbocycles. The van der Waals surface area contributed by atoms with Gasteiger partial charge in [0.1, 0.15) is 12.7 Å². The molecule has 174 valence electrons. The number of hydrogen-bond donors (Lipinski definition) is 1. The molecule has 1 N–H and O–H groups in total. The molecule has 0 fully saturated rings. The fourth-order valence-electron chi connectivity index (χ4n) is 2.51. The number of halogens is 1. The molecule has 0 radical (unpaired) electrons. The van der Waals surface area contributed by atoms with Crippen molar-refractivity contribution in [3.8, 4) is 0 Å². The van der Waals surface area contributed by atoms with Crippen molar-refractivity contribution in [2.75, 3.05) is 20.3 Å². The number of allylic oxidation sites excluding steroid dienone is 6. The first-order chi connectivity index (χ1) is 14.4. The molecule has 0 saturated heterocycles. The third-order valence-electron chi connectivity index (χ3n) is 4.21. The average molecular weight is 449 g/mol. The number of methoxy groups -OCH3 is 1. The van der Waals surface area contributed by atoms with E-state index in [2.05, 4.69) is 47.9 Å². The van der Waals surface area contributed by atoms with Crippen LogP contribution in [0.2, 0.25) is 0 Å². The van der Waals surface area contributed by atoms with E-state index in [1.165, 1.54) is 7.11 Å². The molecule has 6 nitrogen and oxygen atoms in total. The van der Waals surface area contributed by atoms with Gasteiger partial charge in [-0.3, -0.25) is 14.2 Å². The van der Waals surface area contributed by atoms with Crippen LogP contribution in [-0.4, -0.2) is 37.3 Å². The maximum Gasteiger partial charge on any atom is 0.510 e. The second-order valence-corrected chi connectivity index (χ2v) is 8.05. The third kappa shape index (κ3) is 21.4. The van der Waals surface area contributed by atoms with Crippen LogP contribution in [0, 0.1) is 0 Å². The van der Waals surface area contributed by atoms with Crippen LogP contribution in [0.4, 0.5) is 4.20 Å². The van der Waals surface area contributed by atoms with E-state index in [0.717, 1.165) is 57.8 Å². The minimum Gasteiger partial charge on any atom is -0.463 e. The van der Waals surface area contributed by atoms with Gasteiger partial charge in [-0.2, -0.15) is 0 Å². The smallest absolute Gasteiger partial charge is 0.463 e. The van der Waals surface area contributed by atoms with Crippen molar-refractivity contribution in [2.45, 2.75) is 77.2 Å². The normalized spacial score (nSPS) is 15.2. The van der Waals surface area contributed by atoms with Gasteiger partial charge in [-0.05, 0) is 38.5 Å². The van der Waals surface area contributed by atoms with Crippen LogP contribution >= 0.6 is 7.91 Å². The summed E-state index contributed by atoms with van der Waals surface area (Å²) in [5.74, 6) is -0.370. The van der Waals surface area contributed by atoms with E-state index >= 15 is 0 Å².